The number of carbonyl (C=O) groups is 1. The van der Waals surface area contributed by atoms with Crippen LogP contribution in [0.25, 0.3) is 0 Å². The van der Waals surface area contributed by atoms with Gasteiger partial charge in [0.05, 0.1) is 0 Å². The molecule has 0 aliphatic rings. The van der Waals surface area contributed by atoms with Crippen LogP contribution in [0.5, 0.6) is 5.75 Å². The molecule has 4 heteroatoms. The molecule has 1 aromatic carbocycles. The van der Waals surface area contributed by atoms with E-state index in [1.54, 1.807) is 0 Å². The molecule has 0 radical (unpaired) electrons. The molecule has 0 aromatic heterocycles. The summed E-state index contributed by atoms with van der Waals surface area (Å²) in [6.45, 7) is 4.32. The Balaban J connectivity index is 2.78. The van der Waals surface area contributed by atoms with Crippen molar-refractivity contribution in [3.05, 3.63) is 29.3 Å². The van der Waals surface area contributed by atoms with Gasteiger partial charge in [-0.25, -0.2) is 4.79 Å². The van der Waals surface area contributed by atoms with E-state index in [9.17, 15) is 4.79 Å². The van der Waals surface area contributed by atoms with Gasteiger partial charge < -0.3 is 15.6 Å². The van der Waals surface area contributed by atoms with Gasteiger partial charge in [0, 0.05) is 0 Å². The first-order valence-corrected chi connectivity index (χ1v) is 5.71. The van der Waals surface area contributed by atoms with Gasteiger partial charge in [-0.3, -0.25) is 0 Å². The largest absolute Gasteiger partial charge is 0.479 e. The third kappa shape index (κ3) is 4.07. The first-order valence-electron chi connectivity index (χ1n) is 5.71. The van der Waals surface area contributed by atoms with Crippen molar-refractivity contribution in [1.29, 1.82) is 0 Å². The van der Waals surface area contributed by atoms with Crippen LogP contribution in [-0.4, -0.2) is 23.7 Å². The molecule has 1 unspecified atom stereocenters. The van der Waals surface area contributed by atoms with Crippen molar-refractivity contribution in [1.82, 2.24) is 0 Å². The predicted molar refractivity (Wildman–Crippen MR) is 66.3 cm³/mol. The van der Waals surface area contributed by atoms with Crippen LogP contribution >= 0.6 is 0 Å². The molecule has 0 amide bonds. The topological polar surface area (TPSA) is 72.5 Å². The van der Waals surface area contributed by atoms with Crippen molar-refractivity contribution in [3.63, 3.8) is 0 Å². The van der Waals surface area contributed by atoms with E-state index in [0.717, 1.165) is 11.1 Å². The summed E-state index contributed by atoms with van der Waals surface area (Å²) in [5, 5.41) is 9.06. The Morgan fingerprint density at radius 3 is 2.76 bits per heavy atom. The number of ether oxygens (including phenoxy) is 1. The molecule has 0 bridgehead atoms. The third-order valence-corrected chi connectivity index (χ3v) is 2.56. The summed E-state index contributed by atoms with van der Waals surface area (Å²) in [5.41, 5.74) is 7.36. The van der Waals surface area contributed by atoms with E-state index in [1.807, 2.05) is 32.0 Å². The van der Waals surface area contributed by atoms with E-state index in [1.165, 1.54) is 0 Å². The molecule has 0 heterocycles. The molecule has 0 aliphatic heterocycles. The highest BCUT2D eigenvalue weighted by Gasteiger charge is 2.19. The number of nitrogens with two attached hydrogens (primary N) is 1. The van der Waals surface area contributed by atoms with Gasteiger partial charge in [0.1, 0.15) is 5.75 Å². The SMILES string of the molecule is Cc1ccc(C)c(OC(CCCN)C(=O)O)c1. The number of benzene rings is 1. The maximum Gasteiger partial charge on any atom is 0.344 e. The fraction of sp³-hybridized carbons (Fsp3) is 0.462. The standard InChI is InChI=1S/C13H19NO3/c1-9-5-6-10(2)12(8-9)17-11(13(15)16)4-3-7-14/h5-6,8,11H,3-4,7,14H2,1-2H3,(H,15,16). The van der Waals surface area contributed by atoms with Crippen molar-refractivity contribution in [3.8, 4) is 5.75 Å². The van der Waals surface area contributed by atoms with Crippen molar-refractivity contribution in [2.45, 2.75) is 32.8 Å². The monoisotopic (exact) mass is 237 g/mol. The number of hydrogen-bond donors (Lipinski definition) is 2. The third-order valence-electron chi connectivity index (χ3n) is 2.56. The lowest BCUT2D eigenvalue weighted by Gasteiger charge is -2.16. The lowest BCUT2D eigenvalue weighted by atomic mass is 10.1. The molecule has 0 saturated carbocycles. The smallest absolute Gasteiger partial charge is 0.344 e. The fourth-order valence-electron chi connectivity index (χ4n) is 1.52. The fourth-order valence-corrected chi connectivity index (χ4v) is 1.52. The van der Waals surface area contributed by atoms with Gasteiger partial charge in [0.25, 0.3) is 0 Å². The molecular formula is C13H19NO3. The lowest BCUT2D eigenvalue weighted by Crippen LogP contribution is -2.28. The van der Waals surface area contributed by atoms with E-state index in [-0.39, 0.29) is 0 Å². The second-order valence-corrected chi connectivity index (χ2v) is 4.14. The van der Waals surface area contributed by atoms with Gasteiger partial charge in [-0.2, -0.15) is 0 Å². The minimum absolute atomic E-state index is 0.430. The van der Waals surface area contributed by atoms with Crippen LogP contribution in [0.2, 0.25) is 0 Å². The molecule has 4 nitrogen and oxygen atoms in total. The number of aryl methyl sites for hydroxylation is 2. The molecule has 0 aliphatic carbocycles. The maximum atomic E-state index is 11.0. The van der Waals surface area contributed by atoms with Crippen LogP contribution in [0, 0.1) is 13.8 Å². The molecule has 0 fully saturated rings. The van der Waals surface area contributed by atoms with E-state index < -0.39 is 12.1 Å². The van der Waals surface area contributed by atoms with Crippen LogP contribution < -0.4 is 10.5 Å². The Morgan fingerprint density at radius 1 is 1.47 bits per heavy atom. The average Bonchev–Trinajstić information content (AvgIpc) is 2.28. The van der Waals surface area contributed by atoms with Gasteiger partial charge >= 0.3 is 5.97 Å². The molecule has 94 valence electrons. The summed E-state index contributed by atoms with van der Waals surface area (Å²) >= 11 is 0. The van der Waals surface area contributed by atoms with Crippen LogP contribution in [-0.2, 0) is 4.79 Å². The number of hydrogen-bond acceptors (Lipinski definition) is 3. The first-order chi connectivity index (χ1) is 8.04. The second-order valence-electron chi connectivity index (χ2n) is 4.14. The normalized spacial score (nSPS) is 12.2. The van der Waals surface area contributed by atoms with Gasteiger partial charge in [0.2, 0.25) is 0 Å². The van der Waals surface area contributed by atoms with Crippen molar-refractivity contribution in [2.75, 3.05) is 6.54 Å². The van der Waals surface area contributed by atoms with Crippen molar-refractivity contribution < 1.29 is 14.6 Å². The molecule has 1 aromatic rings. The Bertz CT molecular complexity index is 390. The van der Waals surface area contributed by atoms with Crippen LogP contribution in [0.1, 0.15) is 24.0 Å². The molecule has 0 spiro atoms. The number of carboxylic acids is 1. The highest BCUT2D eigenvalue weighted by Crippen LogP contribution is 2.21. The summed E-state index contributed by atoms with van der Waals surface area (Å²) in [7, 11) is 0. The lowest BCUT2D eigenvalue weighted by molar-refractivity contribution is -0.145. The number of rotatable bonds is 6. The number of carboxylic acid groups (broad SMARTS) is 1. The predicted octanol–water partition coefficient (Wildman–Crippen LogP) is 1.87. The van der Waals surface area contributed by atoms with Crippen LogP contribution in [0.3, 0.4) is 0 Å². The Morgan fingerprint density at radius 2 is 2.18 bits per heavy atom. The van der Waals surface area contributed by atoms with Gasteiger partial charge in [-0.05, 0) is 50.4 Å². The summed E-state index contributed by atoms with van der Waals surface area (Å²) in [6, 6.07) is 5.75. The van der Waals surface area contributed by atoms with Crippen molar-refractivity contribution >= 4 is 5.97 Å². The Hall–Kier alpha value is -1.55. The van der Waals surface area contributed by atoms with Gasteiger partial charge in [-0.1, -0.05) is 12.1 Å². The van der Waals surface area contributed by atoms with Gasteiger partial charge in [-0.15, -0.1) is 0 Å². The Kier molecular flexibility index (Phi) is 4.97. The molecular weight excluding hydrogens is 218 g/mol. The zero-order chi connectivity index (χ0) is 12.8. The Labute approximate surface area is 101 Å². The minimum atomic E-state index is -0.945. The van der Waals surface area contributed by atoms with Crippen molar-refractivity contribution in [2.24, 2.45) is 5.73 Å². The zero-order valence-corrected chi connectivity index (χ0v) is 10.3. The molecule has 17 heavy (non-hydrogen) atoms. The number of aliphatic carboxylic acids is 1. The van der Waals surface area contributed by atoms with E-state index >= 15 is 0 Å². The second kappa shape index (κ2) is 6.25. The highest BCUT2D eigenvalue weighted by molar-refractivity contribution is 5.72. The van der Waals surface area contributed by atoms with Gasteiger partial charge in [0.15, 0.2) is 6.10 Å². The summed E-state index contributed by atoms with van der Waals surface area (Å²) < 4.78 is 5.53. The minimum Gasteiger partial charge on any atom is -0.479 e. The average molecular weight is 237 g/mol. The summed E-state index contributed by atoms with van der Waals surface area (Å²) in [6.07, 6.45) is 0.250. The maximum absolute atomic E-state index is 11.0. The van der Waals surface area contributed by atoms with Crippen LogP contribution in [0.4, 0.5) is 0 Å². The zero-order valence-electron chi connectivity index (χ0n) is 10.3. The summed E-state index contributed by atoms with van der Waals surface area (Å²) in [4.78, 5) is 11.0. The summed E-state index contributed by atoms with van der Waals surface area (Å²) in [5.74, 6) is -0.311. The molecule has 3 N–H and O–H groups in total. The van der Waals surface area contributed by atoms with E-state index in [2.05, 4.69) is 0 Å². The van der Waals surface area contributed by atoms with Crippen LogP contribution in [0.15, 0.2) is 18.2 Å². The first kappa shape index (κ1) is 13.5. The molecule has 1 rings (SSSR count). The quantitative estimate of drug-likeness (QED) is 0.792. The molecule has 1 atom stereocenters. The van der Waals surface area contributed by atoms with E-state index in [4.69, 9.17) is 15.6 Å². The van der Waals surface area contributed by atoms with E-state index in [0.29, 0.717) is 25.1 Å². The molecule has 0 saturated heterocycles. The highest BCUT2D eigenvalue weighted by atomic mass is 16.5.